The first kappa shape index (κ1) is 13.8. The summed E-state index contributed by atoms with van der Waals surface area (Å²) >= 11 is 0. The van der Waals surface area contributed by atoms with Crippen LogP contribution in [-0.2, 0) is 9.53 Å². The molecule has 1 amide bonds. The Hall–Kier alpha value is -0.650. The molecule has 0 bridgehead atoms. The lowest BCUT2D eigenvalue weighted by Crippen LogP contribution is -2.46. The summed E-state index contributed by atoms with van der Waals surface area (Å²) in [6, 6.07) is 0.532. The predicted octanol–water partition coefficient (Wildman–Crippen LogP) is -0.0346. The summed E-state index contributed by atoms with van der Waals surface area (Å²) in [5.41, 5.74) is 0. The normalized spacial score (nSPS) is 28.7. The molecule has 2 N–H and O–H groups in total. The van der Waals surface area contributed by atoms with E-state index in [1.165, 1.54) is 12.8 Å². The Bertz CT molecular complexity index is 267. The molecule has 2 fully saturated rings. The minimum atomic E-state index is 0.0406. The zero-order valence-electron chi connectivity index (χ0n) is 11.3. The van der Waals surface area contributed by atoms with Gasteiger partial charge in [0.1, 0.15) is 0 Å². The highest BCUT2D eigenvalue weighted by molar-refractivity contribution is 5.82. The van der Waals surface area contributed by atoms with Gasteiger partial charge in [0, 0.05) is 26.2 Å². The third kappa shape index (κ3) is 3.67. The Kier molecular flexibility index (Phi) is 5.41. The molecule has 0 saturated carbocycles. The predicted molar refractivity (Wildman–Crippen MR) is 70.5 cm³/mol. The Morgan fingerprint density at radius 2 is 2.33 bits per heavy atom. The first-order valence-electron chi connectivity index (χ1n) is 7.05. The van der Waals surface area contributed by atoms with E-state index < -0.39 is 0 Å². The van der Waals surface area contributed by atoms with Gasteiger partial charge in [0.25, 0.3) is 0 Å². The topological polar surface area (TPSA) is 53.6 Å². The molecule has 2 rings (SSSR count). The van der Waals surface area contributed by atoms with Gasteiger partial charge in [-0.1, -0.05) is 0 Å². The highest BCUT2D eigenvalue weighted by Gasteiger charge is 2.26. The van der Waals surface area contributed by atoms with E-state index in [1.54, 1.807) is 7.11 Å². The third-order valence-corrected chi connectivity index (χ3v) is 3.97. The lowest BCUT2D eigenvalue weighted by Gasteiger charge is -2.24. The second kappa shape index (κ2) is 7.07. The van der Waals surface area contributed by atoms with Crippen LogP contribution in [0.25, 0.3) is 0 Å². The molecule has 0 spiro atoms. The van der Waals surface area contributed by atoms with E-state index in [1.807, 2.05) is 0 Å². The fraction of sp³-hybridized carbons (Fsp3) is 0.923. The van der Waals surface area contributed by atoms with E-state index in [4.69, 9.17) is 4.74 Å². The summed E-state index contributed by atoms with van der Waals surface area (Å²) < 4.78 is 5.12. The molecule has 0 aromatic carbocycles. The van der Waals surface area contributed by atoms with Crippen LogP contribution in [0.5, 0.6) is 0 Å². The summed E-state index contributed by atoms with van der Waals surface area (Å²) in [4.78, 5) is 14.3. The Morgan fingerprint density at radius 1 is 1.44 bits per heavy atom. The molecular weight excluding hydrogens is 230 g/mol. The number of carbonyl (C=O) groups excluding carboxylic acids is 1. The highest BCUT2D eigenvalue weighted by Crippen LogP contribution is 2.16. The van der Waals surface area contributed by atoms with Crippen molar-refractivity contribution in [2.45, 2.75) is 37.8 Å². The average molecular weight is 255 g/mol. The number of ether oxygens (including phenoxy) is 1. The number of nitrogens with zero attached hydrogens (tertiary/aromatic N) is 1. The van der Waals surface area contributed by atoms with Crippen molar-refractivity contribution in [1.82, 2.24) is 15.5 Å². The van der Waals surface area contributed by atoms with Crippen molar-refractivity contribution in [2.75, 3.05) is 39.9 Å². The van der Waals surface area contributed by atoms with Gasteiger partial charge in [-0.2, -0.15) is 0 Å². The second-order valence-corrected chi connectivity index (χ2v) is 5.22. The number of carbonyl (C=O) groups is 1. The molecule has 2 saturated heterocycles. The molecule has 0 aliphatic carbocycles. The summed E-state index contributed by atoms with van der Waals surface area (Å²) in [5.74, 6) is 0.172. The molecular formula is C13H25N3O2. The van der Waals surface area contributed by atoms with Crippen LogP contribution >= 0.6 is 0 Å². The van der Waals surface area contributed by atoms with E-state index in [9.17, 15) is 4.79 Å². The lowest BCUT2D eigenvalue weighted by molar-refractivity contribution is -0.123. The zero-order chi connectivity index (χ0) is 12.8. The van der Waals surface area contributed by atoms with Gasteiger partial charge in [-0.25, -0.2) is 0 Å². The molecule has 0 radical (unpaired) electrons. The molecule has 104 valence electrons. The number of hydrogen-bond acceptors (Lipinski definition) is 4. The first-order chi connectivity index (χ1) is 8.81. The van der Waals surface area contributed by atoms with Crippen molar-refractivity contribution >= 4 is 5.91 Å². The standard InChI is InChI=1S/C13H25N3O2/c1-18-9-8-16-7-3-4-11(16)10-15-13(17)12-5-2-6-14-12/h11-12,14H,2-10H2,1H3,(H,15,17)/t11?,12-/m0/s1. The van der Waals surface area contributed by atoms with E-state index in [0.717, 1.165) is 45.6 Å². The molecule has 0 aromatic rings. The molecule has 5 heteroatoms. The van der Waals surface area contributed by atoms with E-state index in [2.05, 4.69) is 15.5 Å². The minimum Gasteiger partial charge on any atom is -0.383 e. The largest absolute Gasteiger partial charge is 0.383 e. The zero-order valence-corrected chi connectivity index (χ0v) is 11.3. The van der Waals surface area contributed by atoms with E-state index >= 15 is 0 Å². The lowest BCUT2D eigenvalue weighted by atomic mass is 10.2. The van der Waals surface area contributed by atoms with Gasteiger partial charge in [-0.05, 0) is 38.8 Å². The monoisotopic (exact) mass is 255 g/mol. The summed E-state index contributed by atoms with van der Waals surface area (Å²) in [5, 5.41) is 6.32. The maximum Gasteiger partial charge on any atom is 0.237 e. The van der Waals surface area contributed by atoms with Crippen molar-refractivity contribution < 1.29 is 9.53 Å². The van der Waals surface area contributed by atoms with Crippen LogP contribution in [0.3, 0.4) is 0 Å². The van der Waals surface area contributed by atoms with Gasteiger partial charge in [0.2, 0.25) is 5.91 Å². The van der Waals surface area contributed by atoms with Crippen LogP contribution in [0.15, 0.2) is 0 Å². The van der Waals surface area contributed by atoms with Crippen LogP contribution < -0.4 is 10.6 Å². The van der Waals surface area contributed by atoms with Crippen LogP contribution in [-0.4, -0.2) is 62.8 Å². The fourth-order valence-electron chi connectivity index (χ4n) is 2.88. The van der Waals surface area contributed by atoms with Gasteiger partial charge in [-0.15, -0.1) is 0 Å². The number of hydrogen-bond donors (Lipinski definition) is 2. The van der Waals surface area contributed by atoms with Gasteiger partial charge < -0.3 is 15.4 Å². The van der Waals surface area contributed by atoms with Crippen LogP contribution in [0, 0.1) is 0 Å². The first-order valence-corrected chi connectivity index (χ1v) is 7.05. The number of nitrogens with one attached hydrogen (secondary N) is 2. The number of amides is 1. The smallest absolute Gasteiger partial charge is 0.237 e. The molecule has 1 unspecified atom stereocenters. The van der Waals surface area contributed by atoms with Gasteiger partial charge in [0.15, 0.2) is 0 Å². The highest BCUT2D eigenvalue weighted by atomic mass is 16.5. The van der Waals surface area contributed by atoms with E-state index in [0.29, 0.717) is 6.04 Å². The SMILES string of the molecule is COCCN1CCCC1CNC(=O)[C@@H]1CCCN1. The molecule has 5 nitrogen and oxygen atoms in total. The van der Waals surface area contributed by atoms with Crippen molar-refractivity contribution in [2.24, 2.45) is 0 Å². The van der Waals surface area contributed by atoms with Crippen molar-refractivity contribution in [1.29, 1.82) is 0 Å². The van der Waals surface area contributed by atoms with Gasteiger partial charge >= 0.3 is 0 Å². The van der Waals surface area contributed by atoms with Crippen molar-refractivity contribution in [3.8, 4) is 0 Å². The van der Waals surface area contributed by atoms with Crippen LogP contribution in [0.4, 0.5) is 0 Å². The average Bonchev–Trinajstić information content (AvgIpc) is 3.04. The molecule has 2 atom stereocenters. The number of likely N-dealkylation sites (tertiary alicyclic amines) is 1. The van der Waals surface area contributed by atoms with Crippen molar-refractivity contribution in [3.63, 3.8) is 0 Å². The third-order valence-electron chi connectivity index (χ3n) is 3.97. The summed E-state index contributed by atoms with van der Waals surface area (Å²) in [7, 11) is 1.73. The maximum absolute atomic E-state index is 11.9. The van der Waals surface area contributed by atoms with Gasteiger partial charge in [-0.3, -0.25) is 9.69 Å². The fourth-order valence-corrected chi connectivity index (χ4v) is 2.88. The summed E-state index contributed by atoms with van der Waals surface area (Å²) in [6.45, 7) is 4.63. The summed E-state index contributed by atoms with van der Waals surface area (Å²) in [6.07, 6.45) is 4.50. The minimum absolute atomic E-state index is 0.0406. The molecule has 2 heterocycles. The molecule has 18 heavy (non-hydrogen) atoms. The Labute approximate surface area is 109 Å². The Balaban J connectivity index is 1.69. The number of rotatable bonds is 6. The number of methoxy groups -OCH3 is 1. The quantitative estimate of drug-likeness (QED) is 0.699. The van der Waals surface area contributed by atoms with Crippen LogP contribution in [0.2, 0.25) is 0 Å². The van der Waals surface area contributed by atoms with E-state index in [-0.39, 0.29) is 11.9 Å². The van der Waals surface area contributed by atoms with Crippen LogP contribution in [0.1, 0.15) is 25.7 Å². The van der Waals surface area contributed by atoms with Gasteiger partial charge in [0.05, 0.1) is 12.6 Å². The molecule has 2 aliphatic heterocycles. The molecule has 2 aliphatic rings. The molecule has 0 aromatic heterocycles. The second-order valence-electron chi connectivity index (χ2n) is 5.22. The maximum atomic E-state index is 11.9. The van der Waals surface area contributed by atoms with Crippen molar-refractivity contribution in [3.05, 3.63) is 0 Å². The Morgan fingerprint density at radius 3 is 3.06 bits per heavy atom.